The Balaban J connectivity index is 1.70. The van der Waals surface area contributed by atoms with Gasteiger partial charge in [-0.1, -0.05) is 29.8 Å². The average Bonchev–Trinajstić information content (AvgIpc) is 2.87. The molecular weight excluding hydrogens is 386 g/mol. The van der Waals surface area contributed by atoms with Crippen LogP contribution in [0.15, 0.2) is 24.3 Å². The highest BCUT2D eigenvalue weighted by atomic mass is 35.5. The fraction of sp³-hybridized carbons (Fsp3) is 0.500. The molecule has 2 rings (SSSR count). The molecule has 25 heavy (non-hydrogen) atoms. The highest BCUT2D eigenvalue weighted by Gasteiger charge is 2.30. The molecule has 0 aromatic heterocycles. The Bertz CT molecular complexity index is 738. The number of carbonyl (C=O) groups excluding carboxylic acids is 2. The van der Waals surface area contributed by atoms with E-state index >= 15 is 0 Å². The van der Waals surface area contributed by atoms with Crippen LogP contribution < -0.4 is 5.32 Å². The zero-order valence-corrected chi connectivity index (χ0v) is 16.1. The van der Waals surface area contributed by atoms with Crippen molar-refractivity contribution < 1.29 is 22.7 Å². The van der Waals surface area contributed by atoms with Gasteiger partial charge in [0.2, 0.25) is 0 Å². The predicted octanol–water partition coefficient (Wildman–Crippen LogP) is 1.81. The molecule has 1 aliphatic rings. The molecule has 1 N–H and O–H groups in total. The van der Waals surface area contributed by atoms with E-state index < -0.39 is 33.9 Å². The van der Waals surface area contributed by atoms with Crippen LogP contribution in [-0.4, -0.2) is 49.7 Å². The molecule has 1 aromatic carbocycles. The van der Waals surface area contributed by atoms with Gasteiger partial charge in [-0.05, 0) is 25.0 Å². The van der Waals surface area contributed by atoms with Gasteiger partial charge in [-0.15, -0.1) is 11.8 Å². The van der Waals surface area contributed by atoms with Crippen molar-refractivity contribution in [1.82, 2.24) is 5.32 Å². The molecule has 6 nitrogen and oxygen atoms in total. The van der Waals surface area contributed by atoms with Crippen molar-refractivity contribution >= 4 is 45.1 Å². The summed E-state index contributed by atoms with van der Waals surface area (Å²) < 4.78 is 27.8. The van der Waals surface area contributed by atoms with Gasteiger partial charge in [0.25, 0.3) is 5.91 Å². The Morgan fingerprint density at radius 3 is 2.76 bits per heavy atom. The fourth-order valence-electron chi connectivity index (χ4n) is 2.37. The maximum atomic E-state index is 12.0. The second-order valence-corrected chi connectivity index (χ2v) is 9.45. The predicted molar refractivity (Wildman–Crippen MR) is 98.4 cm³/mol. The second-order valence-electron chi connectivity index (χ2n) is 5.82. The smallest absolute Gasteiger partial charge is 0.316 e. The standard InChI is InChI=1S/C16H20ClNO5S2/c1-11(16(20)18-13-6-7-25(21,22)10-13)23-15(19)9-24-8-12-4-2-3-5-14(12)17/h2-5,11,13H,6-10H2,1H3,(H,18,20)/t11-,13+/m1/s1. The van der Waals surface area contributed by atoms with E-state index in [2.05, 4.69) is 5.32 Å². The zero-order chi connectivity index (χ0) is 18.4. The van der Waals surface area contributed by atoms with E-state index in [1.807, 2.05) is 18.2 Å². The number of ether oxygens (including phenoxy) is 1. The van der Waals surface area contributed by atoms with Crippen LogP contribution in [0.4, 0.5) is 0 Å². The second kappa shape index (κ2) is 8.91. The van der Waals surface area contributed by atoms with Crippen molar-refractivity contribution in [3.63, 3.8) is 0 Å². The Kier molecular flexibility index (Phi) is 7.15. The van der Waals surface area contributed by atoms with Crippen molar-refractivity contribution in [2.24, 2.45) is 0 Å². The molecule has 1 aromatic rings. The van der Waals surface area contributed by atoms with Gasteiger partial charge in [0, 0.05) is 16.8 Å². The minimum Gasteiger partial charge on any atom is -0.452 e. The molecule has 0 bridgehead atoms. The number of nitrogens with one attached hydrogen (secondary N) is 1. The first-order valence-electron chi connectivity index (χ1n) is 7.78. The third-order valence-corrected chi connectivity index (χ3v) is 6.78. The van der Waals surface area contributed by atoms with E-state index in [0.29, 0.717) is 17.2 Å². The first-order valence-corrected chi connectivity index (χ1v) is 11.1. The lowest BCUT2D eigenvalue weighted by atomic mass is 10.2. The van der Waals surface area contributed by atoms with Crippen molar-refractivity contribution in [3.05, 3.63) is 34.9 Å². The molecule has 0 spiro atoms. The lowest BCUT2D eigenvalue weighted by molar-refractivity contribution is -0.152. The van der Waals surface area contributed by atoms with Crippen LogP contribution in [0.2, 0.25) is 5.02 Å². The number of thioether (sulfide) groups is 1. The molecule has 2 atom stereocenters. The van der Waals surface area contributed by atoms with Crippen molar-refractivity contribution in [2.75, 3.05) is 17.3 Å². The Morgan fingerprint density at radius 2 is 2.12 bits per heavy atom. The Morgan fingerprint density at radius 1 is 1.40 bits per heavy atom. The summed E-state index contributed by atoms with van der Waals surface area (Å²) in [6.45, 7) is 1.47. The Hall–Kier alpha value is -1.25. The number of hydrogen-bond donors (Lipinski definition) is 1. The summed E-state index contributed by atoms with van der Waals surface area (Å²) >= 11 is 7.39. The normalized spacial score (nSPS) is 20.0. The van der Waals surface area contributed by atoms with E-state index in [1.165, 1.54) is 18.7 Å². The fourth-order valence-corrected chi connectivity index (χ4v) is 5.14. The van der Waals surface area contributed by atoms with Crippen molar-refractivity contribution in [2.45, 2.75) is 31.2 Å². The number of esters is 1. The third kappa shape index (κ3) is 6.52. The number of carbonyl (C=O) groups is 2. The van der Waals surface area contributed by atoms with Gasteiger partial charge in [-0.25, -0.2) is 8.42 Å². The van der Waals surface area contributed by atoms with E-state index in [4.69, 9.17) is 16.3 Å². The summed E-state index contributed by atoms with van der Waals surface area (Å²) in [7, 11) is -3.07. The van der Waals surface area contributed by atoms with Gasteiger partial charge in [-0.2, -0.15) is 0 Å². The molecule has 138 valence electrons. The first kappa shape index (κ1) is 20.1. The van der Waals surface area contributed by atoms with Gasteiger partial charge in [-0.3, -0.25) is 9.59 Å². The summed E-state index contributed by atoms with van der Waals surface area (Å²) in [5.74, 6) is -0.307. The van der Waals surface area contributed by atoms with Crippen molar-refractivity contribution in [1.29, 1.82) is 0 Å². The molecule has 0 saturated carbocycles. The Labute approximate surface area is 156 Å². The van der Waals surface area contributed by atoms with E-state index in [0.717, 1.165) is 5.56 Å². The lowest BCUT2D eigenvalue weighted by Gasteiger charge is -2.16. The van der Waals surface area contributed by atoms with Crippen LogP contribution in [0.1, 0.15) is 18.9 Å². The minimum atomic E-state index is -3.07. The minimum absolute atomic E-state index is 0.0624. The van der Waals surface area contributed by atoms with Gasteiger partial charge in [0.15, 0.2) is 15.9 Å². The maximum absolute atomic E-state index is 12.0. The number of amides is 1. The van der Waals surface area contributed by atoms with E-state index in [1.54, 1.807) is 6.07 Å². The molecule has 1 amide bonds. The summed E-state index contributed by atoms with van der Waals surface area (Å²) in [6.07, 6.45) is -0.570. The average molecular weight is 406 g/mol. The summed E-state index contributed by atoms with van der Waals surface area (Å²) in [5.41, 5.74) is 0.926. The van der Waals surface area contributed by atoms with Crippen LogP contribution in [0.25, 0.3) is 0 Å². The number of hydrogen-bond acceptors (Lipinski definition) is 6. The topological polar surface area (TPSA) is 89.5 Å². The quantitative estimate of drug-likeness (QED) is 0.696. The maximum Gasteiger partial charge on any atom is 0.316 e. The number of rotatable bonds is 7. The van der Waals surface area contributed by atoms with Crippen LogP contribution >= 0.6 is 23.4 Å². The van der Waals surface area contributed by atoms with Crippen LogP contribution in [-0.2, 0) is 29.9 Å². The molecule has 1 aliphatic heterocycles. The third-order valence-electron chi connectivity index (χ3n) is 3.69. The van der Waals surface area contributed by atoms with Crippen LogP contribution in [0.3, 0.4) is 0 Å². The number of sulfone groups is 1. The number of halogens is 1. The molecule has 0 aliphatic carbocycles. The van der Waals surface area contributed by atoms with Crippen LogP contribution in [0, 0.1) is 0 Å². The molecule has 0 unspecified atom stereocenters. The molecule has 1 heterocycles. The largest absolute Gasteiger partial charge is 0.452 e. The zero-order valence-electron chi connectivity index (χ0n) is 13.7. The summed E-state index contributed by atoms with van der Waals surface area (Å²) in [4.78, 5) is 23.8. The van der Waals surface area contributed by atoms with Gasteiger partial charge in [0.05, 0.1) is 17.3 Å². The molecule has 0 radical (unpaired) electrons. The molecule has 9 heteroatoms. The van der Waals surface area contributed by atoms with Crippen molar-refractivity contribution in [3.8, 4) is 0 Å². The first-order chi connectivity index (χ1) is 11.8. The van der Waals surface area contributed by atoms with Gasteiger partial charge >= 0.3 is 5.97 Å². The van der Waals surface area contributed by atoms with Crippen LogP contribution in [0.5, 0.6) is 0 Å². The summed E-state index contributed by atoms with van der Waals surface area (Å²) in [5, 5.41) is 3.25. The highest BCUT2D eigenvalue weighted by Crippen LogP contribution is 2.20. The molecular formula is C16H20ClNO5S2. The summed E-state index contributed by atoms with van der Waals surface area (Å²) in [6, 6.07) is 6.96. The van der Waals surface area contributed by atoms with E-state index in [9.17, 15) is 18.0 Å². The monoisotopic (exact) mass is 405 g/mol. The lowest BCUT2D eigenvalue weighted by Crippen LogP contribution is -2.42. The molecule has 1 saturated heterocycles. The number of benzene rings is 1. The highest BCUT2D eigenvalue weighted by molar-refractivity contribution is 7.99. The SMILES string of the molecule is C[C@@H](OC(=O)CSCc1ccccc1Cl)C(=O)N[C@H]1CCS(=O)(=O)C1. The van der Waals surface area contributed by atoms with Gasteiger partial charge < -0.3 is 10.1 Å². The van der Waals surface area contributed by atoms with Gasteiger partial charge in [0.1, 0.15) is 0 Å². The molecule has 1 fully saturated rings. The van der Waals surface area contributed by atoms with E-state index in [-0.39, 0.29) is 17.3 Å².